The number of carbonyl (C=O) groups excluding carboxylic acids is 2. The number of nitrogens with one attached hydrogen (secondary N) is 1. The predicted octanol–water partition coefficient (Wildman–Crippen LogP) is 4.00. The molecule has 35 heavy (non-hydrogen) atoms. The SMILES string of the molecule is Cn1nc(C(=O)NCc2ccc(Cl)cc2)c2c1CCN(C(=O)c1cc(-c3ccc(F)cc3)on1)C2. The quantitative estimate of drug-likeness (QED) is 0.453. The van der Waals surface area contributed by atoms with Crippen molar-refractivity contribution in [3.05, 3.63) is 93.6 Å². The van der Waals surface area contributed by atoms with Gasteiger partial charge in [0.25, 0.3) is 11.8 Å². The van der Waals surface area contributed by atoms with E-state index >= 15 is 0 Å². The molecule has 0 unspecified atom stereocenters. The van der Waals surface area contributed by atoms with Crippen LogP contribution in [0.4, 0.5) is 4.39 Å². The molecule has 0 saturated heterocycles. The first-order valence-electron chi connectivity index (χ1n) is 11.0. The Morgan fingerprint density at radius 3 is 2.63 bits per heavy atom. The number of hydrogen-bond donors (Lipinski definition) is 1. The van der Waals surface area contributed by atoms with E-state index in [9.17, 15) is 14.0 Å². The molecule has 0 atom stereocenters. The molecule has 1 aliphatic rings. The van der Waals surface area contributed by atoms with Crippen LogP contribution < -0.4 is 5.32 Å². The molecule has 0 fully saturated rings. The third-order valence-corrected chi connectivity index (χ3v) is 6.22. The zero-order valence-corrected chi connectivity index (χ0v) is 19.6. The summed E-state index contributed by atoms with van der Waals surface area (Å²) in [5.74, 6) is -0.622. The Morgan fingerprint density at radius 2 is 1.89 bits per heavy atom. The molecule has 0 saturated carbocycles. The maximum Gasteiger partial charge on any atom is 0.276 e. The minimum Gasteiger partial charge on any atom is -0.355 e. The number of fused-ring (bicyclic) bond motifs is 1. The number of amides is 2. The number of carbonyl (C=O) groups is 2. The zero-order valence-electron chi connectivity index (χ0n) is 18.8. The molecule has 8 nitrogen and oxygen atoms in total. The molecule has 0 radical (unpaired) electrons. The Kier molecular flexibility index (Phi) is 6.08. The summed E-state index contributed by atoms with van der Waals surface area (Å²) >= 11 is 5.92. The van der Waals surface area contributed by atoms with Crippen LogP contribution in [0.15, 0.2) is 59.1 Å². The third kappa shape index (κ3) is 4.67. The van der Waals surface area contributed by atoms with Gasteiger partial charge in [-0.1, -0.05) is 28.9 Å². The van der Waals surface area contributed by atoms with Crippen molar-refractivity contribution in [2.24, 2.45) is 7.05 Å². The lowest BCUT2D eigenvalue weighted by Gasteiger charge is -2.26. The monoisotopic (exact) mass is 493 g/mol. The lowest BCUT2D eigenvalue weighted by atomic mass is 10.0. The number of nitrogens with zero attached hydrogens (tertiary/aromatic N) is 4. The highest BCUT2D eigenvalue weighted by molar-refractivity contribution is 6.30. The van der Waals surface area contributed by atoms with Crippen LogP contribution in [-0.4, -0.2) is 38.2 Å². The fourth-order valence-electron chi connectivity index (χ4n) is 4.10. The smallest absolute Gasteiger partial charge is 0.276 e. The first-order chi connectivity index (χ1) is 16.9. The van der Waals surface area contributed by atoms with Crippen LogP contribution in [0.5, 0.6) is 0 Å². The fourth-order valence-corrected chi connectivity index (χ4v) is 4.23. The van der Waals surface area contributed by atoms with Gasteiger partial charge in [-0.25, -0.2) is 4.39 Å². The first-order valence-corrected chi connectivity index (χ1v) is 11.4. The fraction of sp³-hybridized carbons (Fsp3) is 0.200. The molecule has 0 aliphatic carbocycles. The second-order valence-corrected chi connectivity index (χ2v) is 8.70. The average molecular weight is 494 g/mol. The van der Waals surface area contributed by atoms with Crippen molar-refractivity contribution >= 4 is 23.4 Å². The van der Waals surface area contributed by atoms with Gasteiger partial charge in [0.2, 0.25) is 0 Å². The summed E-state index contributed by atoms with van der Waals surface area (Å²) in [7, 11) is 1.79. The second kappa shape index (κ2) is 9.34. The van der Waals surface area contributed by atoms with E-state index in [0.717, 1.165) is 11.3 Å². The molecular formula is C25H21ClFN5O3. The molecule has 0 spiro atoms. The van der Waals surface area contributed by atoms with Gasteiger partial charge in [0, 0.05) is 54.5 Å². The summed E-state index contributed by atoms with van der Waals surface area (Å²) in [6.45, 7) is 1.01. The Hall–Kier alpha value is -3.98. The van der Waals surface area contributed by atoms with Gasteiger partial charge < -0.3 is 14.7 Å². The van der Waals surface area contributed by atoms with Crippen molar-refractivity contribution in [2.75, 3.05) is 6.54 Å². The number of benzene rings is 2. The van der Waals surface area contributed by atoms with Crippen LogP contribution in [-0.2, 0) is 26.6 Å². The molecule has 1 aliphatic heterocycles. The number of halogens is 2. The highest BCUT2D eigenvalue weighted by atomic mass is 35.5. The maximum atomic E-state index is 13.2. The Morgan fingerprint density at radius 1 is 1.14 bits per heavy atom. The summed E-state index contributed by atoms with van der Waals surface area (Å²) in [6.07, 6.45) is 0.553. The Labute approximate surface area is 205 Å². The number of hydrogen-bond acceptors (Lipinski definition) is 5. The van der Waals surface area contributed by atoms with Gasteiger partial charge in [0.05, 0.1) is 6.54 Å². The van der Waals surface area contributed by atoms with Gasteiger partial charge in [-0.2, -0.15) is 5.10 Å². The lowest BCUT2D eigenvalue weighted by molar-refractivity contribution is 0.0720. The number of rotatable bonds is 5. The zero-order chi connectivity index (χ0) is 24.5. The van der Waals surface area contributed by atoms with Gasteiger partial charge in [0.1, 0.15) is 5.82 Å². The third-order valence-electron chi connectivity index (χ3n) is 5.97. The molecule has 3 heterocycles. The van der Waals surface area contributed by atoms with E-state index in [1.165, 1.54) is 18.2 Å². The van der Waals surface area contributed by atoms with Gasteiger partial charge in [-0.15, -0.1) is 0 Å². The first kappa shape index (κ1) is 22.8. The molecule has 2 aromatic heterocycles. The van der Waals surface area contributed by atoms with Gasteiger partial charge >= 0.3 is 0 Å². The second-order valence-electron chi connectivity index (χ2n) is 8.27. The Balaban J connectivity index is 1.31. The van der Waals surface area contributed by atoms with Crippen LogP contribution in [0.3, 0.4) is 0 Å². The van der Waals surface area contributed by atoms with Crippen molar-refractivity contribution in [2.45, 2.75) is 19.5 Å². The molecule has 4 aromatic rings. The standard InChI is InChI=1S/C25H21ClFN5O3/c1-31-21-10-11-32(25(34)20-12-22(35-30-20)16-4-8-18(27)9-5-16)14-19(21)23(29-31)24(33)28-13-15-2-6-17(26)7-3-15/h2-9,12H,10-11,13-14H2,1H3,(H,28,33). The number of aromatic nitrogens is 3. The van der Waals surface area contributed by atoms with Crippen LogP contribution in [0.1, 0.15) is 37.8 Å². The summed E-state index contributed by atoms with van der Waals surface area (Å²) in [6, 6.07) is 14.5. The predicted molar refractivity (Wildman–Crippen MR) is 126 cm³/mol. The van der Waals surface area contributed by atoms with E-state index in [-0.39, 0.29) is 29.9 Å². The summed E-state index contributed by atoms with van der Waals surface area (Å²) in [4.78, 5) is 27.7. The normalized spacial score (nSPS) is 12.9. The van der Waals surface area contributed by atoms with E-state index in [1.807, 2.05) is 12.1 Å². The minimum atomic E-state index is -0.363. The summed E-state index contributed by atoms with van der Waals surface area (Å²) < 4.78 is 20.2. The largest absolute Gasteiger partial charge is 0.355 e. The molecule has 1 N–H and O–H groups in total. The lowest BCUT2D eigenvalue weighted by Crippen LogP contribution is -2.37. The van der Waals surface area contributed by atoms with E-state index in [2.05, 4.69) is 15.6 Å². The maximum absolute atomic E-state index is 13.2. The molecule has 2 aromatic carbocycles. The number of aryl methyl sites for hydroxylation is 1. The summed E-state index contributed by atoms with van der Waals surface area (Å²) in [5.41, 5.74) is 3.59. The van der Waals surface area contributed by atoms with Crippen LogP contribution in [0, 0.1) is 5.82 Å². The van der Waals surface area contributed by atoms with E-state index < -0.39 is 0 Å². The van der Waals surface area contributed by atoms with Crippen molar-refractivity contribution in [1.29, 1.82) is 0 Å². The van der Waals surface area contributed by atoms with Crippen LogP contribution in [0.2, 0.25) is 5.02 Å². The van der Waals surface area contributed by atoms with E-state index in [0.29, 0.717) is 47.1 Å². The van der Waals surface area contributed by atoms with Crippen molar-refractivity contribution in [1.82, 2.24) is 25.2 Å². The van der Waals surface area contributed by atoms with Crippen molar-refractivity contribution < 1.29 is 18.5 Å². The molecule has 178 valence electrons. The van der Waals surface area contributed by atoms with Crippen LogP contribution in [0.25, 0.3) is 11.3 Å². The van der Waals surface area contributed by atoms with E-state index in [4.69, 9.17) is 16.1 Å². The topological polar surface area (TPSA) is 93.3 Å². The average Bonchev–Trinajstić information content (AvgIpc) is 3.49. The van der Waals surface area contributed by atoms with Crippen molar-refractivity contribution in [3.63, 3.8) is 0 Å². The summed E-state index contributed by atoms with van der Waals surface area (Å²) in [5, 5.41) is 11.8. The van der Waals surface area contributed by atoms with Gasteiger partial charge in [-0.05, 0) is 42.0 Å². The highest BCUT2D eigenvalue weighted by Gasteiger charge is 2.31. The molecule has 0 bridgehead atoms. The van der Waals surface area contributed by atoms with Crippen molar-refractivity contribution in [3.8, 4) is 11.3 Å². The molecule has 2 amide bonds. The van der Waals surface area contributed by atoms with Gasteiger partial charge in [-0.3, -0.25) is 14.3 Å². The van der Waals surface area contributed by atoms with Crippen LogP contribution >= 0.6 is 11.6 Å². The molecule has 10 heteroatoms. The Bertz CT molecular complexity index is 1400. The highest BCUT2D eigenvalue weighted by Crippen LogP contribution is 2.25. The van der Waals surface area contributed by atoms with Gasteiger partial charge in [0.15, 0.2) is 17.1 Å². The molecule has 5 rings (SSSR count). The molecular weight excluding hydrogens is 473 g/mol. The minimum absolute atomic E-state index is 0.144. The van der Waals surface area contributed by atoms with E-state index in [1.54, 1.807) is 40.9 Å².